The van der Waals surface area contributed by atoms with Gasteiger partial charge in [0.05, 0.1) is 0 Å². The average molecular weight is 235 g/mol. The minimum Gasteiger partial charge on any atom is -0.528 e. The summed E-state index contributed by atoms with van der Waals surface area (Å²) in [6.45, 7) is 6.08. The maximum atomic E-state index is 10.7. The molecule has 0 aromatic rings. The number of oxime groups is 1. The van der Waals surface area contributed by atoms with Crippen LogP contribution in [0.5, 0.6) is 0 Å². The third-order valence-corrected chi connectivity index (χ3v) is 2.13. The zero-order chi connectivity index (χ0) is 11.2. The van der Waals surface area contributed by atoms with Crippen LogP contribution in [0, 0.1) is 5.41 Å². The highest BCUT2D eigenvalue weighted by Gasteiger charge is 2.17. The number of nitrogens with zero attached hydrogens (tertiary/aromatic N) is 2. The van der Waals surface area contributed by atoms with Crippen molar-refractivity contribution in [3.05, 3.63) is 0 Å². The fourth-order valence-electron chi connectivity index (χ4n) is 0.651. The Morgan fingerprint density at radius 3 is 2.27 bits per heavy atom. The van der Waals surface area contributed by atoms with Crippen LogP contribution in [-0.2, 0) is 4.84 Å². The first-order valence-electron chi connectivity index (χ1n) is 4.29. The third-order valence-electron chi connectivity index (χ3n) is 1.56. The largest absolute Gasteiger partial charge is 0.528 e. The molecule has 0 aliphatic rings. The van der Waals surface area contributed by atoms with E-state index in [-0.39, 0.29) is 11.6 Å². The second-order valence-electron chi connectivity index (χ2n) is 3.80. The quantitative estimate of drug-likeness (QED) is 0.456. The Labute approximate surface area is 95.6 Å². The first kappa shape index (κ1) is 16.7. The number of quaternary nitrogens is 1. The Morgan fingerprint density at radius 1 is 1.40 bits per heavy atom. The summed E-state index contributed by atoms with van der Waals surface area (Å²) in [5.41, 5.74) is 0.763. The molecule has 0 aliphatic heterocycles. The van der Waals surface area contributed by atoms with E-state index in [0.29, 0.717) is 0 Å². The maximum absolute atomic E-state index is 10.7. The van der Waals surface area contributed by atoms with Gasteiger partial charge in [-0.15, -0.1) is 0 Å². The van der Waals surface area contributed by atoms with Crippen LogP contribution in [0.15, 0.2) is 10.1 Å². The molecule has 0 saturated carbocycles. The predicted octanol–water partition coefficient (Wildman–Crippen LogP) is 1.49. The van der Waals surface area contributed by atoms with Gasteiger partial charge in [0, 0.05) is 23.9 Å². The van der Waals surface area contributed by atoms with Gasteiger partial charge in [0.15, 0.2) is 6.08 Å². The van der Waals surface area contributed by atoms with E-state index >= 15 is 0 Å². The summed E-state index contributed by atoms with van der Waals surface area (Å²) in [5, 5.41) is 14.6. The lowest BCUT2D eigenvalue weighted by molar-refractivity contribution is -0.250. The van der Waals surface area contributed by atoms with Gasteiger partial charge in [-0.3, -0.25) is 4.99 Å². The Kier molecular flexibility index (Phi) is 8.37. The van der Waals surface area contributed by atoms with Crippen molar-refractivity contribution in [3.8, 4) is 0 Å². The smallest absolute Gasteiger partial charge is 0.164 e. The topological polar surface area (TPSA) is 93.5 Å². The van der Waals surface area contributed by atoms with E-state index in [4.69, 9.17) is 0 Å². The highest BCUT2D eigenvalue weighted by Crippen LogP contribution is 2.18. The molecule has 0 aliphatic carbocycles. The number of rotatable bonds is 3. The van der Waals surface area contributed by atoms with Gasteiger partial charge in [-0.05, 0) is 6.26 Å². The van der Waals surface area contributed by atoms with Gasteiger partial charge >= 0.3 is 0 Å². The van der Waals surface area contributed by atoms with Gasteiger partial charge in [0.1, 0.15) is 0 Å². The van der Waals surface area contributed by atoms with Gasteiger partial charge < -0.3 is 16.1 Å². The molecule has 0 fully saturated rings. The zero-order valence-corrected chi connectivity index (χ0v) is 11.1. The van der Waals surface area contributed by atoms with Gasteiger partial charge in [-0.2, -0.15) is 16.9 Å². The van der Waals surface area contributed by atoms with Crippen LogP contribution < -0.4 is 11.3 Å². The van der Waals surface area contributed by atoms with Crippen LogP contribution >= 0.6 is 11.8 Å². The second kappa shape index (κ2) is 7.53. The number of aliphatic imine (C=N–C) groups is 1. The van der Waals surface area contributed by atoms with E-state index in [1.807, 2.05) is 27.0 Å². The number of hydrogen-bond acceptors (Lipinski definition) is 5. The fourth-order valence-corrected chi connectivity index (χ4v) is 1.41. The molecule has 0 rings (SSSR count). The van der Waals surface area contributed by atoms with Crippen LogP contribution in [0.2, 0.25) is 0 Å². The molecule has 0 unspecified atom stereocenters. The van der Waals surface area contributed by atoms with Gasteiger partial charge in [-0.25, -0.2) is 0 Å². The average Bonchev–Trinajstić information content (AvgIpc) is 2.09. The number of hydrogen-bond donors (Lipinski definition) is 1. The van der Waals surface area contributed by atoms with Crippen LogP contribution in [-0.4, -0.2) is 30.9 Å². The molecule has 90 valence electrons. The Bertz CT molecular complexity index is 234. The molecule has 5 nitrogen and oxygen atoms in total. The van der Waals surface area contributed by atoms with E-state index in [1.54, 1.807) is 11.8 Å². The fraction of sp³-hybridized carbons (Fsp3) is 0.778. The van der Waals surface area contributed by atoms with Crippen molar-refractivity contribution in [2.24, 2.45) is 15.6 Å². The van der Waals surface area contributed by atoms with Crippen molar-refractivity contribution < 1.29 is 9.94 Å². The molecule has 0 bridgehead atoms. The lowest BCUT2D eigenvalue weighted by Gasteiger charge is -2.22. The molecular formula is C9H21N3O2S. The minimum absolute atomic E-state index is 0. The summed E-state index contributed by atoms with van der Waals surface area (Å²) in [6, 6.07) is 0. The Morgan fingerprint density at radius 2 is 1.93 bits per heavy atom. The van der Waals surface area contributed by atoms with E-state index in [1.165, 1.54) is 7.05 Å². The standard InChI is InChI=1S/C9H18N2O2S.H3N/c1-9(2,3)7(6-14-5)11-13-8(12)10-4;/h6H2,1-5H3,(H,10,12);1H3. The molecule has 6 heteroatoms. The molecule has 0 amide bonds. The van der Waals surface area contributed by atoms with Crippen LogP contribution in [0.4, 0.5) is 0 Å². The molecule has 15 heavy (non-hydrogen) atoms. The summed E-state index contributed by atoms with van der Waals surface area (Å²) in [5.74, 6) is 0.750. The third kappa shape index (κ3) is 7.21. The van der Waals surface area contributed by atoms with E-state index in [9.17, 15) is 5.11 Å². The molecule has 0 aromatic carbocycles. The van der Waals surface area contributed by atoms with Crippen molar-refractivity contribution in [1.82, 2.24) is 6.15 Å². The zero-order valence-electron chi connectivity index (χ0n) is 10.3. The van der Waals surface area contributed by atoms with E-state index in [0.717, 1.165) is 11.5 Å². The first-order valence-corrected chi connectivity index (χ1v) is 5.68. The van der Waals surface area contributed by atoms with Crippen molar-refractivity contribution in [3.63, 3.8) is 0 Å². The van der Waals surface area contributed by atoms with Crippen molar-refractivity contribution in [2.75, 3.05) is 19.1 Å². The molecule has 0 radical (unpaired) electrons. The summed E-state index contributed by atoms with van der Waals surface area (Å²) >= 11 is 1.64. The molecule has 0 heterocycles. The molecule has 0 spiro atoms. The normalized spacial score (nSPS) is 13.4. The molecule has 0 atom stereocenters. The lowest BCUT2D eigenvalue weighted by Crippen LogP contribution is -2.25. The molecule has 0 saturated heterocycles. The molecule has 0 aromatic heterocycles. The highest BCUT2D eigenvalue weighted by molar-refractivity contribution is 7.99. The predicted molar refractivity (Wildman–Crippen MR) is 65.7 cm³/mol. The van der Waals surface area contributed by atoms with Gasteiger partial charge in [0.25, 0.3) is 0 Å². The number of thioether (sulfide) groups is 1. The summed E-state index contributed by atoms with van der Waals surface area (Å²) in [4.78, 5) is 7.93. The van der Waals surface area contributed by atoms with Crippen molar-refractivity contribution in [2.45, 2.75) is 20.8 Å². The van der Waals surface area contributed by atoms with Gasteiger partial charge in [-0.1, -0.05) is 20.8 Å². The minimum atomic E-state index is -0.659. The molecule has 4 N–H and O–H groups in total. The summed E-state index contributed by atoms with van der Waals surface area (Å²) < 4.78 is 0. The van der Waals surface area contributed by atoms with Crippen molar-refractivity contribution in [1.29, 1.82) is 0 Å². The maximum Gasteiger partial charge on any atom is 0.164 e. The first-order chi connectivity index (χ1) is 6.41. The summed E-state index contributed by atoms with van der Waals surface area (Å²) in [7, 11) is 1.38. The lowest BCUT2D eigenvalue weighted by atomic mass is 9.91. The van der Waals surface area contributed by atoms with Crippen molar-refractivity contribution >= 4 is 23.6 Å². The van der Waals surface area contributed by atoms with E-state index < -0.39 is 6.08 Å². The highest BCUT2D eigenvalue weighted by atomic mass is 32.2. The Balaban J connectivity index is 0. The van der Waals surface area contributed by atoms with Gasteiger partial charge in [0.2, 0.25) is 0 Å². The van der Waals surface area contributed by atoms with E-state index in [2.05, 4.69) is 15.0 Å². The summed E-state index contributed by atoms with van der Waals surface area (Å²) in [6.07, 6.45) is 1.32. The van der Waals surface area contributed by atoms with Crippen LogP contribution in [0.3, 0.4) is 0 Å². The molecular weight excluding hydrogens is 214 g/mol. The Hall–Kier alpha value is -0.750. The second-order valence-corrected chi connectivity index (χ2v) is 4.67. The van der Waals surface area contributed by atoms with Crippen LogP contribution in [0.1, 0.15) is 20.8 Å². The monoisotopic (exact) mass is 235 g/mol. The SMILES string of the molecule is CN=C([O-])ON=C(CSC)C(C)(C)C.[NH4+]. The van der Waals surface area contributed by atoms with Crippen LogP contribution in [0.25, 0.3) is 0 Å².